The van der Waals surface area contributed by atoms with Gasteiger partial charge in [0.2, 0.25) is 0 Å². The molecule has 0 radical (unpaired) electrons. The van der Waals surface area contributed by atoms with Crippen molar-refractivity contribution in [3.63, 3.8) is 0 Å². The van der Waals surface area contributed by atoms with Crippen LogP contribution in [0.4, 0.5) is 0 Å². The number of alkyl halides is 1. The van der Waals surface area contributed by atoms with Gasteiger partial charge in [0, 0.05) is 18.0 Å². The third-order valence-corrected chi connectivity index (χ3v) is 3.95. The molecule has 94 valence electrons. The fraction of sp³-hybridized carbons (Fsp3) is 0.571. The van der Waals surface area contributed by atoms with Crippen molar-refractivity contribution in [1.82, 2.24) is 4.90 Å². The Morgan fingerprint density at radius 1 is 1.29 bits per heavy atom. The summed E-state index contributed by atoms with van der Waals surface area (Å²) in [7, 11) is 1.73. The van der Waals surface area contributed by atoms with Gasteiger partial charge in [0.15, 0.2) is 0 Å². The molecule has 0 saturated carbocycles. The van der Waals surface area contributed by atoms with E-state index in [0.29, 0.717) is 5.92 Å². The molecule has 1 aliphatic rings. The number of nitrogens with zero attached hydrogens (tertiary/aromatic N) is 1. The van der Waals surface area contributed by atoms with Crippen molar-refractivity contribution in [2.75, 3.05) is 26.1 Å². The van der Waals surface area contributed by atoms with Crippen LogP contribution in [0.15, 0.2) is 24.3 Å². The Morgan fingerprint density at radius 2 is 2.00 bits per heavy atom. The SMILES string of the molecule is COc1ccccc1CN1CCC(CCl)CC1. The van der Waals surface area contributed by atoms with E-state index in [-0.39, 0.29) is 0 Å². The van der Waals surface area contributed by atoms with Gasteiger partial charge in [0.25, 0.3) is 0 Å². The molecule has 2 nitrogen and oxygen atoms in total. The van der Waals surface area contributed by atoms with Crippen molar-refractivity contribution >= 4 is 11.6 Å². The summed E-state index contributed by atoms with van der Waals surface area (Å²) in [6.07, 6.45) is 2.44. The summed E-state index contributed by atoms with van der Waals surface area (Å²) in [6, 6.07) is 8.26. The number of methoxy groups -OCH3 is 1. The molecular weight excluding hydrogens is 234 g/mol. The average molecular weight is 254 g/mol. The van der Waals surface area contributed by atoms with E-state index in [1.54, 1.807) is 7.11 Å². The van der Waals surface area contributed by atoms with Crippen LogP contribution in [0.5, 0.6) is 5.75 Å². The lowest BCUT2D eigenvalue weighted by Crippen LogP contribution is -2.33. The Kier molecular flexibility index (Phi) is 4.69. The Morgan fingerprint density at radius 3 is 2.65 bits per heavy atom. The Labute approximate surface area is 109 Å². The van der Waals surface area contributed by atoms with Crippen LogP contribution in [0.1, 0.15) is 18.4 Å². The van der Waals surface area contributed by atoms with Gasteiger partial charge in [-0.25, -0.2) is 0 Å². The molecular formula is C14H20ClNO. The molecule has 0 unspecified atom stereocenters. The molecule has 1 fully saturated rings. The summed E-state index contributed by atoms with van der Waals surface area (Å²) in [4.78, 5) is 2.49. The van der Waals surface area contributed by atoms with Gasteiger partial charge in [-0.05, 0) is 37.9 Å². The number of halogens is 1. The van der Waals surface area contributed by atoms with Crippen molar-refractivity contribution in [3.8, 4) is 5.75 Å². The molecule has 0 N–H and O–H groups in total. The molecule has 1 saturated heterocycles. The number of hydrogen-bond acceptors (Lipinski definition) is 2. The Bertz CT molecular complexity index is 348. The van der Waals surface area contributed by atoms with E-state index in [2.05, 4.69) is 17.0 Å². The second-order valence-corrected chi connectivity index (χ2v) is 4.99. The quantitative estimate of drug-likeness (QED) is 0.765. The second kappa shape index (κ2) is 6.27. The predicted octanol–water partition coefficient (Wildman–Crippen LogP) is 3.15. The van der Waals surface area contributed by atoms with Crippen LogP contribution in [0.2, 0.25) is 0 Å². The molecule has 0 amide bonds. The number of piperidine rings is 1. The van der Waals surface area contributed by atoms with Crippen LogP contribution in [-0.2, 0) is 6.54 Å². The third-order valence-electron chi connectivity index (χ3n) is 3.51. The number of rotatable bonds is 4. The van der Waals surface area contributed by atoms with Crippen molar-refractivity contribution < 1.29 is 4.74 Å². The lowest BCUT2D eigenvalue weighted by molar-refractivity contribution is 0.185. The Hall–Kier alpha value is -0.730. The van der Waals surface area contributed by atoms with E-state index in [9.17, 15) is 0 Å². The number of hydrogen-bond donors (Lipinski definition) is 0. The van der Waals surface area contributed by atoms with Crippen LogP contribution in [0.25, 0.3) is 0 Å². The molecule has 0 atom stereocenters. The highest BCUT2D eigenvalue weighted by Crippen LogP contribution is 2.23. The van der Waals surface area contributed by atoms with E-state index in [1.807, 2.05) is 12.1 Å². The second-order valence-electron chi connectivity index (χ2n) is 4.69. The molecule has 1 aromatic rings. The maximum Gasteiger partial charge on any atom is 0.123 e. The van der Waals surface area contributed by atoms with Gasteiger partial charge in [-0.15, -0.1) is 11.6 Å². The first kappa shape index (κ1) is 12.7. The topological polar surface area (TPSA) is 12.5 Å². The maximum atomic E-state index is 5.90. The molecule has 1 aliphatic heterocycles. The molecule has 1 heterocycles. The van der Waals surface area contributed by atoms with Gasteiger partial charge < -0.3 is 4.74 Å². The van der Waals surface area contributed by atoms with Gasteiger partial charge in [0.1, 0.15) is 5.75 Å². The van der Waals surface area contributed by atoms with Crippen LogP contribution in [-0.4, -0.2) is 31.0 Å². The Balaban J connectivity index is 1.93. The normalized spacial score (nSPS) is 18.2. The summed E-state index contributed by atoms with van der Waals surface area (Å²) in [5.41, 5.74) is 1.28. The van der Waals surface area contributed by atoms with E-state index in [1.165, 1.54) is 18.4 Å². The predicted molar refractivity (Wildman–Crippen MR) is 71.7 cm³/mol. The number of ether oxygens (including phenoxy) is 1. The summed E-state index contributed by atoms with van der Waals surface area (Å²) in [6.45, 7) is 3.28. The van der Waals surface area contributed by atoms with Crippen molar-refractivity contribution in [2.45, 2.75) is 19.4 Å². The lowest BCUT2D eigenvalue weighted by Gasteiger charge is -2.31. The molecule has 0 bridgehead atoms. The highest BCUT2D eigenvalue weighted by Gasteiger charge is 2.19. The van der Waals surface area contributed by atoms with E-state index >= 15 is 0 Å². The van der Waals surface area contributed by atoms with Crippen LogP contribution < -0.4 is 4.74 Å². The van der Waals surface area contributed by atoms with Gasteiger partial charge in [-0.3, -0.25) is 4.90 Å². The highest BCUT2D eigenvalue weighted by atomic mass is 35.5. The first-order valence-electron chi connectivity index (χ1n) is 6.23. The summed E-state index contributed by atoms with van der Waals surface area (Å²) < 4.78 is 5.38. The van der Waals surface area contributed by atoms with Crippen molar-refractivity contribution in [3.05, 3.63) is 29.8 Å². The zero-order valence-corrected chi connectivity index (χ0v) is 11.1. The number of likely N-dealkylation sites (tertiary alicyclic amines) is 1. The average Bonchev–Trinajstić information content (AvgIpc) is 2.40. The molecule has 0 spiro atoms. The monoisotopic (exact) mass is 253 g/mol. The summed E-state index contributed by atoms with van der Waals surface area (Å²) in [5.74, 6) is 2.51. The molecule has 1 aromatic carbocycles. The fourth-order valence-corrected chi connectivity index (χ4v) is 2.68. The van der Waals surface area contributed by atoms with Crippen LogP contribution in [0, 0.1) is 5.92 Å². The largest absolute Gasteiger partial charge is 0.496 e. The first-order valence-corrected chi connectivity index (χ1v) is 6.77. The fourth-order valence-electron chi connectivity index (χ4n) is 2.37. The minimum Gasteiger partial charge on any atom is -0.496 e. The summed E-state index contributed by atoms with van der Waals surface area (Å²) in [5, 5.41) is 0. The third kappa shape index (κ3) is 3.36. The molecule has 3 heteroatoms. The first-order chi connectivity index (χ1) is 8.33. The molecule has 2 rings (SSSR count). The smallest absolute Gasteiger partial charge is 0.123 e. The van der Waals surface area contributed by atoms with Gasteiger partial charge in [-0.2, -0.15) is 0 Å². The summed E-state index contributed by atoms with van der Waals surface area (Å²) >= 11 is 5.90. The van der Waals surface area contributed by atoms with Gasteiger partial charge in [-0.1, -0.05) is 18.2 Å². The zero-order valence-electron chi connectivity index (χ0n) is 10.4. The van der Waals surface area contributed by atoms with Crippen LogP contribution >= 0.6 is 11.6 Å². The molecule has 0 aromatic heterocycles. The van der Waals surface area contributed by atoms with E-state index in [4.69, 9.17) is 16.3 Å². The highest BCUT2D eigenvalue weighted by molar-refractivity contribution is 6.18. The maximum absolute atomic E-state index is 5.90. The minimum absolute atomic E-state index is 0.714. The molecule has 0 aliphatic carbocycles. The number of benzene rings is 1. The number of para-hydroxylation sites is 1. The standard InChI is InChI=1S/C14H20ClNO/c1-17-14-5-3-2-4-13(14)11-16-8-6-12(10-15)7-9-16/h2-5,12H,6-11H2,1H3. The lowest BCUT2D eigenvalue weighted by atomic mass is 9.98. The van der Waals surface area contributed by atoms with Crippen LogP contribution in [0.3, 0.4) is 0 Å². The minimum atomic E-state index is 0.714. The molecule has 17 heavy (non-hydrogen) atoms. The van der Waals surface area contributed by atoms with Gasteiger partial charge in [0.05, 0.1) is 7.11 Å². The van der Waals surface area contributed by atoms with E-state index < -0.39 is 0 Å². The van der Waals surface area contributed by atoms with Crippen molar-refractivity contribution in [1.29, 1.82) is 0 Å². The van der Waals surface area contributed by atoms with Gasteiger partial charge >= 0.3 is 0 Å². The van der Waals surface area contributed by atoms with E-state index in [0.717, 1.165) is 31.3 Å². The van der Waals surface area contributed by atoms with Crippen molar-refractivity contribution in [2.24, 2.45) is 5.92 Å². The zero-order chi connectivity index (χ0) is 12.1.